The predicted octanol–water partition coefficient (Wildman–Crippen LogP) is 8.45. The van der Waals surface area contributed by atoms with Crippen molar-refractivity contribution in [3.63, 3.8) is 0 Å². The highest BCUT2D eigenvalue weighted by atomic mass is 79.9. The first-order chi connectivity index (χ1) is 27.2. The van der Waals surface area contributed by atoms with E-state index < -0.39 is 29.7 Å². The first-order valence-corrected chi connectivity index (χ1v) is 20.3. The second-order valence-corrected chi connectivity index (χ2v) is 15.6. The number of phenolic OH excluding ortho intramolecular Hbond substituents is 1. The van der Waals surface area contributed by atoms with Gasteiger partial charge in [0.15, 0.2) is 5.75 Å². The number of piperidine rings is 1. The lowest BCUT2D eigenvalue weighted by Gasteiger charge is -2.27. The molecule has 4 aromatic carbocycles. The van der Waals surface area contributed by atoms with Crippen LogP contribution >= 0.6 is 27.3 Å². The van der Waals surface area contributed by atoms with E-state index in [0.29, 0.717) is 44.3 Å². The summed E-state index contributed by atoms with van der Waals surface area (Å²) in [6.07, 6.45) is 4.20. The first-order valence-electron chi connectivity index (χ1n) is 18.7. The van der Waals surface area contributed by atoms with Crippen LogP contribution in [0.3, 0.4) is 0 Å². The molecular weight excluding hydrogens is 800 g/mol. The number of aromatic hydroxyl groups is 1. The summed E-state index contributed by atoms with van der Waals surface area (Å²) < 4.78 is 25.8. The van der Waals surface area contributed by atoms with Gasteiger partial charge in [-0.1, -0.05) is 34.1 Å². The van der Waals surface area contributed by atoms with Gasteiger partial charge in [0.25, 0.3) is 11.8 Å². The second kappa shape index (κ2) is 18.2. The molecule has 7 rings (SSSR count). The average Bonchev–Trinajstić information content (AvgIpc) is 3.66. The molecule has 1 atom stereocenters. The second-order valence-electron chi connectivity index (χ2n) is 13.6. The van der Waals surface area contributed by atoms with Crippen molar-refractivity contribution >= 4 is 61.0 Å². The number of phenols is 1. The third kappa shape index (κ3) is 9.30. The van der Waals surface area contributed by atoms with Gasteiger partial charge in [0.2, 0.25) is 11.8 Å². The highest BCUT2D eigenvalue weighted by Crippen LogP contribution is 2.47. The number of halogens is 1. The van der Waals surface area contributed by atoms with Gasteiger partial charge in [0.1, 0.15) is 23.3 Å². The molecule has 290 valence electrons. The van der Waals surface area contributed by atoms with Gasteiger partial charge in [-0.25, -0.2) is 0 Å². The number of unbranched alkanes of at least 4 members (excludes halogenated alkanes) is 1. The van der Waals surface area contributed by atoms with E-state index in [0.717, 1.165) is 79.1 Å². The molecule has 0 spiro atoms. The van der Waals surface area contributed by atoms with Crippen LogP contribution in [0.25, 0.3) is 20.5 Å². The molecule has 0 radical (unpaired) electrons. The van der Waals surface area contributed by atoms with Gasteiger partial charge in [-0.05, 0) is 110 Å². The van der Waals surface area contributed by atoms with E-state index in [-0.39, 0.29) is 24.2 Å². The Morgan fingerprint density at radius 2 is 1.45 bits per heavy atom. The molecule has 2 N–H and O–H groups in total. The van der Waals surface area contributed by atoms with Crippen LogP contribution in [0.15, 0.2) is 89.4 Å². The zero-order valence-electron chi connectivity index (χ0n) is 30.6. The van der Waals surface area contributed by atoms with Crippen molar-refractivity contribution in [3.05, 3.63) is 106 Å². The minimum Gasteiger partial charge on any atom is -0.508 e. The van der Waals surface area contributed by atoms with Crippen LogP contribution in [0.1, 0.15) is 64.8 Å². The van der Waals surface area contributed by atoms with Crippen molar-refractivity contribution in [2.24, 2.45) is 0 Å². The summed E-state index contributed by atoms with van der Waals surface area (Å²) >= 11 is 5.08. The van der Waals surface area contributed by atoms with Crippen LogP contribution in [-0.4, -0.2) is 72.7 Å². The summed E-state index contributed by atoms with van der Waals surface area (Å²) in [4.78, 5) is 51.7. The molecule has 2 aliphatic rings. The zero-order valence-corrected chi connectivity index (χ0v) is 33.0. The number of benzene rings is 4. The number of fused-ring (bicyclic) bond motifs is 2. The van der Waals surface area contributed by atoms with Gasteiger partial charge in [-0.15, -0.1) is 11.3 Å². The van der Waals surface area contributed by atoms with E-state index in [1.165, 1.54) is 0 Å². The van der Waals surface area contributed by atoms with E-state index in [2.05, 4.69) is 21.2 Å². The molecule has 4 amide bonds. The Morgan fingerprint density at radius 3 is 2.20 bits per heavy atom. The number of hydrogen-bond donors (Lipinski definition) is 2. The molecule has 1 fully saturated rings. The number of thiophene rings is 1. The Bertz CT molecular complexity index is 2220. The Balaban J connectivity index is 0.750. The van der Waals surface area contributed by atoms with Crippen LogP contribution in [-0.2, 0) is 25.5 Å². The Morgan fingerprint density at radius 1 is 0.750 bits per heavy atom. The highest BCUT2D eigenvalue weighted by molar-refractivity contribution is 9.10. The molecule has 1 saturated heterocycles. The highest BCUT2D eigenvalue weighted by Gasteiger charge is 2.44. The SMILES string of the molecule is O=C1CCC(N2C(=O)c3ccc(CCCCOCCCOCCCOc4ccc(Oc5c(-c6ccc(Br)cc6)sc6cc(O)ccc56)cc4)cc3C2=O)C(=O)N1. The number of nitrogens with one attached hydrogen (secondary N) is 1. The van der Waals surface area contributed by atoms with E-state index in [9.17, 15) is 24.3 Å². The Kier molecular flexibility index (Phi) is 12.8. The molecule has 3 heterocycles. The van der Waals surface area contributed by atoms with Gasteiger partial charge >= 0.3 is 0 Å². The minimum absolute atomic E-state index is 0.0923. The van der Waals surface area contributed by atoms with Crippen molar-refractivity contribution in [2.75, 3.05) is 33.0 Å². The van der Waals surface area contributed by atoms with Gasteiger partial charge < -0.3 is 24.1 Å². The van der Waals surface area contributed by atoms with Gasteiger partial charge in [-0.3, -0.25) is 29.4 Å². The molecular formula is C43H41BrN2O9S. The summed E-state index contributed by atoms with van der Waals surface area (Å²) in [5.74, 6) is 0.405. The molecule has 1 aromatic heterocycles. The minimum atomic E-state index is -0.964. The summed E-state index contributed by atoms with van der Waals surface area (Å²) in [5.41, 5.74) is 2.57. The topological polar surface area (TPSA) is 141 Å². The normalized spacial score (nSPS) is 15.4. The quantitative estimate of drug-likeness (QED) is 0.0657. The monoisotopic (exact) mass is 840 g/mol. The molecule has 0 bridgehead atoms. The molecule has 5 aromatic rings. The maximum atomic E-state index is 13.0. The van der Waals surface area contributed by atoms with Crippen molar-refractivity contribution in [1.82, 2.24) is 10.2 Å². The van der Waals surface area contributed by atoms with Crippen molar-refractivity contribution in [1.29, 1.82) is 0 Å². The van der Waals surface area contributed by atoms with Crippen LogP contribution < -0.4 is 14.8 Å². The lowest BCUT2D eigenvalue weighted by atomic mass is 10.0. The number of amides is 4. The van der Waals surface area contributed by atoms with Crippen molar-refractivity contribution in [2.45, 2.75) is 51.0 Å². The lowest BCUT2D eigenvalue weighted by molar-refractivity contribution is -0.136. The molecule has 11 nitrogen and oxygen atoms in total. The van der Waals surface area contributed by atoms with Gasteiger partial charge in [-0.2, -0.15) is 0 Å². The summed E-state index contributed by atoms with van der Waals surface area (Å²) in [6, 6.07) is 25.2. The van der Waals surface area contributed by atoms with E-state index in [4.69, 9.17) is 18.9 Å². The lowest BCUT2D eigenvalue weighted by Crippen LogP contribution is -2.54. The van der Waals surface area contributed by atoms with Gasteiger partial charge in [0.05, 0.1) is 22.6 Å². The fourth-order valence-corrected chi connectivity index (χ4v) is 8.13. The number of aryl methyl sites for hydroxylation is 1. The zero-order chi connectivity index (χ0) is 39.0. The van der Waals surface area contributed by atoms with E-state index >= 15 is 0 Å². The van der Waals surface area contributed by atoms with Crippen LogP contribution in [0.4, 0.5) is 0 Å². The van der Waals surface area contributed by atoms with Crippen LogP contribution in [0.5, 0.6) is 23.0 Å². The predicted molar refractivity (Wildman–Crippen MR) is 216 cm³/mol. The maximum Gasteiger partial charge on any atom is 0.262 e. The first kappa shape index (κ1) is 39.2. The number of carbonyl (C=O) groups excluding carboxylic acids is 4. The third-order valence-electron chi connectivity index (χ3n) is 9.57. The molecule has 0 aliphatic carbocycles. The number of ether oxygens (including phenoxy) is 4. The molecule has 56 heavy (non-hydrogen) atoms. The summed E-state index contributed by atoms with van der Waals surface area (Å²) in [7, 11) is 0. The van der Waals surface area contributed by atoms with Crippen molar-refractivity contribution in [3.8, 4) is 33.4 Å². The van der Waals surface area contributed by atoms with E-state index in [1.54, 1.807) is 35.6 Å². The summed E-state index contributed by atoms with van der Waals surface area (Å²) in [6.45, 7) is 2.93. The molecule has 2 aliphatic heterocycles. The third-order valence-corrected chi connectivity index (χ3v) is 11.3. The molecule has 1 unspecified atom stereocenters. The fourth-order valence-electron chi connectivity index (χ4n) is 6.70. The Hall–Kier alpha value is -5.08. The average molecular weight is 842 g/mol. The maximum absolute atomic E-state index is 13.0. The van der Waals surface area contributed by atoms with Crippen LogP contribution in [0.2, 0.25) is 0 Å². The smallest absolute Gasteiger partial charge is 0.262 e. The number of nitrogens with zero attached hydrogens (tertiary/aromatic N) is 1. The number of imide groups is 2. The molecule has 0 saturated carbocycles. The number of rotatable bonds is 18. The van der Waals surface area contributed by atoms with E-state index in [1.807, 2.05) is 60.7 Å². The fraction of sp³-hybridized carbons (Fsp3) is 0.302. The van der Waals surface area contributed by atoms with Crippen LogP contribution in [0, 0.1) is 0 Å². The largest absolute Gasteiger partial charge is 0.508 e. The Labute approximate surface area is 336 Å². The summed E-state index contributed by atoms with van der Waals surface area (Å²) in [5, 5.41) is 13.2. The standard InChI is InChI=1S/C43H41BrN2O9S/c44-29-9-7-28(8-10-29)40-39(34-17-11-30(47)26-37(34)56-40)55-32-14-12-31(13-15-32)54-24-4-23-53-22-3-21-52-20-2-1-5-27-6-16-33-35(25-27)43(51)46(42(33)50)36-18-19-38(48)45-41(36)49/h6-17,25-26,36,47H,1-5,18-24H2,(H,45,48,49). The number of carbonyl (C=O) groups is 4. The van der Waals surface area contributed by atoms with Gasteiger partial charge in [0, 0.05) is 53.8 Å². The number of hydrogen-bond acceptors (Lipinski definition) is 10. The molecule has 13 heteroatoms. The van der Waals surface area contributed by atoms with Crippen molar-refractivity contribution < 1.29 is 43.2 Å².